The minimum atomic E-state index is -0.614. The lowest BCUT2D eigenvalue weighted by Gasteiger charge is -2.16. The number of H-pyrrole nitrogens is 1. The molecule has 1 aromatic heterocycles. The molecule has 18 heavy (non-hydrogen) atoms. The van der Waals surface area contributed by atoms with Gasteiger partial charge in [-0.2, -0.15) is 5.10 Å². The number of benzene rings is 1. The van der Waals surface area contributed by atoms with Gasteiger partial charge in [0.15, 0.2) is 0 Å². The molecule has 0 aliphatic rings. The highest BCUT2D eigenvalue weighted by molar-refractivity contribution is 5.40. The molecule has 0 radical (unpaired) electrons. The number of hydrazine groups is 1. The number of nitrogens with one attached hydrogen (secondary N) is 2. The van der Waals surface area contributed by atoms with Crippen LogP contribution in [0.1, 0.15) is 17.2 Å². The molecule has 0 spiro atoms. The number of halogens is 2. The summed E-state index contributed by atoms with van der Waals surface area (Å²) in [6.45, 7) is 0. The Morgan fingerprint density at radius 1 is 1.33 bits per heavy atom. The number of nitrogens with zero attached hydrogens (tertiary/aromatic N) is 1. The van der Waals surface area contributed by atoms with Crippen molar-refractivity contribution in [3.8, 4) is 0 Å². The predicted octanol–water partition coefficient (Wildman–Crippen LogP) is 1.02. The Morgan fingerprint density at radius 3 is 2.50 bits per heavy atom. The molecule has 0 saturated carbocycles. The zero-order chi connectivity index (χ0) is 13.1. The van der Waals surface area contributed by atoms with Crippen molar-refractivity contribution in [2.75, 3.05) is 5.73 Å². The van der Waals surface area contributed by atoms with Crippen LogP contribution in [0, 0.1) is 11.6 Å². The molecule has 0 bridgehead atoms. The maximum atomic E-state index is 13.5. The first-order chi connectivity index (χ1) is 8.63. The summed E-state index contributed by atoms with van der Waals surface area (Å²) in [7, 11) is 0. The lowest BCUT2D eigenvalue weighted by molar-refractivity contribution is 0.501. The molecule has 96 valence electrons. The second-order valence-corrected chi connectivity index (χ2v) is 3.86. The number of nitrogens with two attached hydrogens (primary N) is 2. The molecule has 0 amide bonds. The van der Waals surface area contributed by atoms with Crippen molar-refractivity contribution in [1.82, 2.24) is 15.6 Å². The highest BCUT2D eigenvalue weighted by Crippen LogP contribution is 2.24. The van der Waals surface area contributed by atoms with Crippen molar-refractivity contribution >= 4 is 5.82 Å². The molecule has 0 saturated heterocycles. The molecule has 2 aromatic rings. The van der Waals surface area contributed by atoms with Gasteiger partial charge < -0.3 is 5.73 Å². The number of hydrogen-bond donors (Lipinski definition) is 4. The van der Waals surface area contributed by atoms with E-state index in [1.54, 1.807) is 0 Å². The maximum absolute atomic E-state index is 13.5. The highest BCUT2D eigenvalue weighted by Gasteiger charge is 2.19. The van der Waals surface area contributed by atoms with Crippen LogP contribution in [0.4, 0.5) is 14.6 Å². The molecular formula is C11H13F2N5. The number of aromatic amines is 1. The number of anilines is 1. The second kappa shape index (κ2) is 5.11. The van der Waals surface area contributed by atoms with Crippen molar-refractivity contribution in [1.29, 1.82) is 0 Å². The Bertz CT molecular complexity index is 520. The second-order valence-electron chi connectivity index (χ2n) is 3.86. The Morgan fingerprint density at radius 2 is 2.00 bits per heavy atom. The van der Waals surface area contributed by atoms with Crippen LogP contribution in [0.2, 0.25) is 0 Å². The number of hydrogen-bond acceptors (Lipinski definition) is 4. The molecule has 2 rings (SSSR count). The van der Waals surface area contributed by atoms with Crippen LogP contribution in [0.3, 0.4) is 0 Å². The normalized spacial score (nSPS) is 12.6. The minimum Gasteiger partial charge on any atom is -0.384 e. The van der Waals surface area contributed by atoms with Crippen molar-refractivity contribution in [2.24, 2.45) is 5.84 Å². The average molecular weight is 253 g/mol. The Balaban J connectivity index is 2.29. The number of aromatic nitrogens is 2. The fourth-order valence-corrected chi connectivity index (χ4v) is 1.77. The van der Waals surface area contributed by atoms with E-state index in [4.69, 9.17) is 11.6 Å². The number of nitrogen functional groups attached to an aromatic ring is 1. The molecule has 5 nitrogen and oxygen atoms in total. The molecule has 1 heterocycles. The lowest BCUT2D eigenvalue weighted by atomic mass is 10.0. The van der Waals surface area contributed by atoms with Gasteiger partial charge in [0.25, 0.3) is 0 Å². The van der Waals surface area contributed by atoms with Gasteiger partial charge in [0.2, 0.25) is 0 Å². The molecule has 0 fully saturated rings. The molecule has 0 aliphatic carbocycles. The largest absolute Gasteiger partial charge is 0.384 e. The summed E-state index contributed by atoms with van der Waals surface area (Å²) < 4.78 is 27.1. The first-order valence-electron chi connectivity index (χ1n) is 5.31. The molecule has 7 heteroatoms. The van der Waals surface area contributed by atoms with Crippen LogP contribution in [0.25, 0.3) is 0 Å². The average Bonchev–Trinajstić information content (AvgIpc) is 2.76. The molecular weight excluding hydrogens is 240 g/mol. The van der Waals surface area contributed by atoms with E-state index < -0.39 is 17.7 Å². The van der Waals surface area contributed by atoms with Gasteiger partial charge in [0.1, 0.15) is 17.5 Å². The van der Waals surface area contributed by atoms with Gasteiger partial charge >= 0.3 is 0 Å². The predicted molar refractivity (Wildman–Crippen MR) is 63.1 cm³/mol. The highest BCUT2D eigenvalue weighted by atomic mass is 19.1. The van der Waals surface area contributed by atoms with Gasteiger partial charge in [-0.05, 0) is 18.6 Å². The summed E-state index contributed by atoms with van der Waals surface area (Å²) in [4.78, 5) is 0. The quantitative estimate of drug-likeness (QED) is 0.483. The minimum absolute atomic E-state index is 0.0404. The third-order valence-electron chi connectivity index (χ3n) is 2.75. The van der Waals surface area contributed by atoms with Gasteiger partial charge in [0.05, 0.1) is 12.2 Å². The Kier molecular flexibility index (Phi) is 3.54. The van der Waals surface area contributed by atoms with E-state index in [9.17, 15) is 8.78 Å². The Hall–Kier alpha value is -1.99. The standard InChI is InChI=1S/C11H13F2N5/c12-8-2-1-3-9(13)6(8)4-10(17-15)7-5-16-18-11(7)14/h1-3,5,10,17H,4,15H2,(H3,14,16,18). The van der Waals surface area contributed by atoms with Crippen LogP contribution in [0.5, 0.6) is 0 Å². The molecule has 0 aliphatic heterocycles. The van der Waals surface area contributed by atoms with E-state index in [2.05, 4.69) is 15.6 Å². The third kappa shape index (κ3) is 2.31. The van der Waals surface area contributed by atoms with Gasteiger partial charge in [-0.15, -0.1) is 0 Å². The molecule has 6 N–H and O–H groups in total. The summed E-state index contributed by atoms with van der Waals surface area (Å²) >= 11 is 0. The van der Waals surface area contributed by atoms with E-state index in [1.807, 2.05) is 0 Å². The van der Waals surface area contributed by atoms with E-state index in [0.29, 0.717) is 11.4 Å². The molecule has 1 unspecified atom stereocenters. The summed E-state index contributed by atoms with van der Waals surface area (Å²) in [5.41, 5.74) is 8.65. The zero-order valence-electron chi connectivity index (χ0n) is 9.45. The topological polar surface area (TPSA) is 92.7 Å². The number of rotatable bonds is 4. The van der Waals surface area contributed by atoms with E-state index >= 15 is 0 Å². The van der Waals surface area contributed by atoms with Crippen LogP contribution < -0.4 is 17.0 Å². The summed E-state index contributed by atoms with van der Waals surface area (Å²) in [5, 5.41) is 6.29. The van der Waals surface area contributed by atoms with Crippen LogP contribution >= 0.6 is 0 Å². The van der Waals surface area contributed by atoms with Crippen molar-refractivity contribution in [3.63, 3.8) is 0 Å². The smallest absolute Gasteiger partial charge is 0.129 e. The van der Waals surface area contributed by atoms with Crippen molar-refractivity contribution in [3.05, 3.63) is 47.2 Å². The lowest BCUT2D eigenvalue weighted by Crippen LogP contribution is -2.30. The zero-order valence-corrected chi connectivity index (χ0v) is 9.45. The van der Waals surface area contributed by atoms with Crippen LogP contribution in [-0.2, 0) is 6.42 Å². The van der Waals surface area contributed by atoms with Crippen LogP contribution in [-0.4, -0.2) is 10.2 Å². The fourth-order valence-electron chi connectivity index (χ4n) is 1.77. The first kappa shape index (κ1) is 12.5. The van der Waals surface area contributed by atoms with Gasteiger partial charge in [-0.1, -0.05) is 6.07 Å². The van der Waals surface area contributed by atoms with E-state index in [1.165, 1.54) is 24.4 Å². The maximum Gasteiger partial charge on any atom is 0.129 e. The molecule has 1 aromatic carbocycles. The molecule has 1 atom stereocenters. The third-order valence-corrected chi connectivity index (χ3v) is 2.75. The monoisotopic (exact) mass is 253 g/mol. The van der Waals surface area contributed by atoms with Gasteiger partial charge in [-0.25, -0.2) is 8.78 Å². The van der Waals surface area contributed by atoms with E-state index in [0.717, 1.165) is 0 Å². The van der Waals surface area contributed by atoms with Gasteiger partial charge in [-0.3, -0.25) is 16.4 Å². The summed E-state index contributed by atoms with van der Waals surface area (Å²) in [5.74, 6) is 4.48. The van der Waals surface area contributed by atoms with Crippen LogP contribution in [0.15, 0.2) is 24.4 Å². The van der Waals surface area contributed by atoms with E-state index in [-0.39, 0.29) is 12.0 Å². The first-order valence-corrected chi connectivity index (χ1v) is 5.31. The van der Waals surface area contributed by atoms with Gasteiger partial charge in [0, 0.05) is 11.1 Å². The Labute approximate surface area is 102 Å². The fraction of sp³-hybridized carbons (Fsp3) is 0.182. The SMILES string of the molecule is NNC(Cc1c(F)cccc1F)c1cn[nH]c1N. The summed E-state index contributed by atoms with van der Waals surface area (Å²) in [6.07, 6.45) is 1.51. The van der Waals surface area contributed by atoms with Crippen molar-refractivity contribution in [2.45, 2.75) is 12.5 Å². The summed E-state index contributed by atoms with van der Waals surface area (Å²) in [6, 6.07) is 3.19. The van der Waals surface area contributed by atoms with Crippen molar-refractivity contribution < 1.29 is 8.78 Å².